The topological polar surface area (TPSA) is 58.8 Å². The fourth-order valence-corrected chi connectivity index (χ4v) is 1.07. The Morgan fingerprint density at radius 3 is 2.92 bits per heavy atom. The second-order valence-electron chi connectivity index (χ2n) is 2.60. The minimum Gasteiger partial charge on any atom is -0.381 e. The minimum atomic E-state index is -2.53. The average molecular weight is 185 g/mol. The molecule has 3 N–H and O–H groups in total. The zero-order valence-corrected chi connectivity index (χ0v) is 6.54. The SMILES string of the molecule is Nc1ccc2[nH]c(C(F)F)c[n+]2n1. The number of anilines is 1. The lowest BCUT2D eigenvalue weighted by atomic mass is 10.5. The quantitative estimate of drug-likeness (QED) is 0.641. The Morgan fingerprint density at radius 1 is 1.46 bits per heavy atom. The maximum atomic E-state index is 12.2. The Hall–Kier alpha value is -1.72. The van der Waals surface area contributed by atoms with Gasteiger partial charge in [-0.2, -0.15) is 0 Å². The number of nitrogens with zero attached hydrogens (tertiary/aromatic N) is 2. The van der Waals surface area contributed by atoms with Gasteiger partial charge in [-0.3, -0.25) is 0 Å². The molecule has 0 radical (unpaired) electrons. The van der Waals surface area contributed by atoms with Gasteiger partial charge in [-0.05, 0) is 6.07 Å². The molecule has 0 atom stereocenters. The van der Waals surface area contributed by atoms with Crippen molar-refractivity contribution in [2.75, 3.05) is 5.73 Å². The maximum absolute atomic E-state index is 12.2. The number of H-pyrrole nitrogens is 1. The first-order valence-corrected chi connectivity index (χ1v) is 3.62. The number of nitrogens with one attached hydrogen (secondary N) is 1. The van der Waals surface area contributed by atoms with E-state index in [9.17, 15) is 8.78 Å². The van der Waals surface area contributed by atoms with Crippen molar-refractivity contribution >= 4 is 11.5 Å². The third-order valence-corrected chi connectivity index (χ3v) is 1.65. The van der Waals surface area contributed by atoms with Crippen LogP contribution in [0.3, 0.4) is 0 Å². The molecule has 0 aliphatic heterocycles. The fourth-order valence-electron chi connectivity index (χ4n) is 1.07. The molecule has 0 saturated carbocycles. The summed E-state index contributed by atoms with van der Waals surface area (Å²) in [6.07, 6.45) is -1.31. The molecule has 0 spiro atoms. The molecule has 0 unspecified atom stereocenters. The van der Waals surface area contributed by atoms with E-state index in [1.54, 1.807) is 12.1 Å². The van der Waals surface area contributed by atoms with Crippen molar-refractivity contribution in [3.63, 3.8) is 0 Å². The van der Waals surface area contributed by atoms with Crippen molar-refractivity contribution in [1.29, 1.82) is 0 Å². The number of imidazole rings is 1. The predicted octanol–water partition coefficient (Wildman–Crippen LogP) is 0.668. The molecular weight excluding hydrogens is 178 g/mol. The minimum absolute atomic E-state index is 0.168. The summed E-state index contributed by atoms with van der Waals surface area (Å²) in [5, 5.41) is 3.81. The highest BCUT2D eigenvalue weighted by atomic mass is 19.3. The Balaban J connectivity index is 2.62. The maximum Gasteiger partial charge on any atom is 0.305 e. The second-order valence-corrected chi connectivity index (χ2v) is 2.60. The summed E-state index contributed by atoms with van der Waals surface area (Å²) in [7, 11) is 0. The van der Waals surface area contributed by atoms with E-state index in [1.807, 2.05) is 0 Å². The first-order valence-electron chi connectivity index (χ1n) is 3.62. The predicted molar refractivity (Wildman–Crippen MR) is 41.1 cm³/mol. The van der Waals surface area contributed by atoms with Crippen molar-refractivity contribution in [2.24, 2.45) is 0 Å². The molecule has 0 fully saturated rings. The van der Waals surface area contributed by atoms with Gasteiger partial charge < -0.3 is 5.73 Å². The van der Waals surface area contributed by atoms with Crippen LogP contribution >= 0.6 is 0 Å². The summed E-state index contributed by atoms with van der Waals surface area (Å²) < 4.78 is 25.7. The van der Waals surface area contributed by atoms with Crippen LogP contribution in [-0.2, 0) is 0 Å². The number of aromatic amines is 1. The molecule has 68 valence electrons. The van der Waals surface area contributed by atoms with E-state index in [-0.39, 0.29) is 11.5 Å². The van der Waals surface area contributed by atoms with Crippen LogP contribution < -0.4 is 10.2 Å². The lowest BCUT2D eigenvalue weighted by Crippen LogP contribution is -2.24. The zero-order valence-electron chi connectivity index (χ0n) is 6.54. The summed E-state index contributed by atoms with van der Waals surface area (Å²) in [4.78, 5) is 2.52. The third-order valence-electron chi connectivity index (χ3n) is 1.65. The molecule has 2 rings (SSSR count). The van der Waals surface area contributed by atoms with E-state index in [4.69, 9.17) is 5.73 Å². The van der Waals surface area contributed by atoms with Crippen LogP contribution in [0.1, 0.15) is 12.1 Å². The molecule has 13 heavy (non-hydrogen) atoms. The highest BCUT2D eigenvalue weighted by molar-refractivity contribution is 5.35. The lowest BCUT2D eigenvalue weighted by Gasteiger charge is -1.84. The van der Waals surface area contributed by atoms with E-state index in [1.165, 1.54) is 10.7 Å². The van der Waals surface area contributed by atoms with Gasteiger partial charge in [-0.1, -0.05) is 9.61 Å². The molecule has 0 aliphatic carbocycles. The highest BCUT2D eigenvalue weighted by Gasteiger charge is 2.18. The van der Waals surface area contributed by atoms with Crippen LogP contribution in [0.4, 0.5) is 14.6 Å². The van der Waals surface area contributed by atoms with E-state index >= 15 is 0 Å². The van der Waals surface area contributed by atoms with Gasteiger partial charge in [0.2, 0.25) is 5.69 Å². The number of nitrogens with two attached hydrogens (primary N) is 1. The van der Waals surface area contributed by atoms with E-state index < -0.39 is 6.43 Å². The largest absolute Gasteiger partial charge is 0.381 e. The second kappa shape index (κ2) is 2.65. The van der Waals surface area contributed by atoms with Gasteiger partial charge >= 0.3 is 12.1 Å². The number of alkyl halides is 2. The monoisotopic (exact) mass is 185 g/mol. The van der Waals surface area contributed by atoms with Gasteiger partial charge in [0.15, 0.2) is 12.0 Å². The highest BCUT2D eigenvalue weighted by Crippen LogP contribution is 2.15. The molecule has 2 aromatic heterocycles. The summed E-state index contributed by atoms with van der Waals surface area (Å²) in [5.41, 5.74) is 5.70. The summed E-state index contributed by atoms with van der Waals surface area (Å²) in [6.45, 7) is 0. The van der Waals surface area contributed by atoms with Crippen LogP contribution in [0.25, 0.3) is 5.65 Å². The fraction of sp³-hybridized carbons (Fsp3) is 0.143. The van der Waals surface area contributed by atoms with E-state index in [2.05, 4.69) is 10.1 Å². The Morgan fingerprint density at radius 2 is 2.23 bits per heavy atom. The molecule has 6 heteroatoms. The number of hydrogen-bond acceptors (Lipinski definition) is 2. The van der Waals surface area contributed by atoms with Gasteiger partial charge in [-0.25, -0.2) is 13.8 Å². The number of rotatable bonds is 1. The summed E-state index contributed by atoms with van der Waals surface area (Å²) >= 11 is 0. The van der Waals surface area contributed by atoms with Crippen molar-refractivity contribution in [3.05, 3.63) is 24.0 Å². The first-order chi connectivity index (χ1) is 6.16. The Labute approximate surface area is 72.0 Å². The van der Waals surface area contributed by atoms with Crippen molar-refractivity contribution in [3.8, 4) is 0 Å². The first kappa shape index (κ1) is 7.90. The summed E-state index contributed by atoms with van der Waals surface area (Å²) in [5.74, 6) is 0.289. The third kappa shape index (κ3) is 1.30. The molecule has 2 heterocycles. The lowest BCUT2D eigenvalue weighted by molar-refractivity contribution is -0.578. The average Bonchev–Trinajstić information content (AvgIpc) is 2.46. The van der Waals surface area contributed by atoms with Crippen LogP contribution in [0.5, 0.6) is 0 Å². The number of halogens is 2. The standard InChI is InChI=1S/C7H6F2N4/c8-7(9)4-3-13-6(11-4)2-1-5(10)12-13/h1-3,7H,(H2,10,12)/p+1. The number of nitrogen functional groups attached to an aromatic ring is 1. The molecule has 0 saturated heterocycles. The van der Waals surface area contributed by atoms with Crippen LogP contribution in [-0.4, -0.2) is 10.1 Å². The van der Waals surface area contributed by atoms with Crippen molar-refractivity contribution in [2.45, 2.75) is 6.43 Å². The molecule has 0 bridgehead atoms. The molecule has 4 nitrogen and oxygen atoms in total. The number of fused-ring (bicyclic) bond motifs is 1. The van der Waals surface area contributed by atoms with Gasteiger partial charge in [0.05, 0.1) is 0 Å². The van der Waals surface area contributed by atoms with Crippen LogP contribution in [0.2, 0.25) is 0 Å². The zero-order chi connectivity index (χ0) is 9.42. The molecule has 2 aromatic rings. The van der Waals surface area contributed by atoms with Crippen molar-refractivity contribution < 1.29 is 13.3 Å². The number of hydrogen-bond donors (Lipinski definition) is 2. The van der Waals surface area contributed by atoms with E-state index in [0.29, 0.717) is 5.65 Å². The molecule has 0 aliphatic rings. The van der Waals surface area contributed by atoms with Crippen LogP contribution in [0, 0.1) is 0 Å². The smallest absolute Gasteiger partial charge is 0.305 e. The Kier molecular flexibility index (Phi) is 1.61. The van der Waals surface area contributed by atoms with Gasteiger partial charge in [0.25, 0.3) is 0 Å². The van der Waals surface area contributed by atoms with Crippen molar-refractivity contribution in [1.82, 2.24) is 10.1 Å². The number of aromatic nitrogens is 3. The summed E-state index contributed by atoms with van der Waals surface area (Å²) in [6, 6.07) is 3.13. The van der Waals surface area contributed by atoms with Crippen LogP contribution in [0.15, 0.2) is 18.3 Å². The molecule has 0 aromatic carbocycles. The normalized spacial score (nSPS) is 11.3. The van der Waals surface area contributed by atoms with Gasteiger partial charge in [-0.15, -0.1) is 0 Å². The molecule has 0 amide bonds. The van der Waals surface area contributed by atoms with E-state index in [0.717, 1.165) is 0 Å². The Bertz CT molecular complexity index is 437. The van der Waals surface area contributed by atoms with Gasteiger partial charge in [0.1, 0.15) is 0 Å². The van der Waals surface area contributed by atoms with Gasteiger partial charge in [0, 0.05) is 6.07 Å². The molecular formula is C7H7F2N4+.